The van der Waals surface area contributed by atoms with Crippen LogP contribution in [0, 0.1) is 0 Å². The monoisotopic (exact) mass is 730 g/mol. The first-order valence-electron chi connectivity index (χ1n) is 19.0. The van der Waals surface area contributed by atoms with Gasteiger partial charge in [0, 0.05) is 60.8 Å². The fourth-order valence-corrected chi connectivity index (χ4v) is 8.41. The van der Waals surface area contributed by atoms with Crippen molar-refractivity contribution in [1.29, 1.82) is 0 Å². The molecule has 266 valence electrons. The van der Waals surface area contributed by atoms with Gasteiger partial charge in [-0.1, -0.05) is 121 Å². The molecule has 0 aliphatic rings. The fourth-order valence-electron chi connectivity index (χ4n) is 8.41. The second-order valence-electron chi connectivity index (χ2n) is 14.4. The number of furan rings is 2. The van der Waals surface area contributed by atoms with Gasteiger partial charge in [-0.05, 0) is 65.7 Å². The van der Waals surface area contributed by atoms with Crippen LogP contribution in [0.3, 0.4) is 0 Å². The maximum absolute atomic E-state index is 6.62. The van der Waals surface area contributed by atoms with Crippen molar-refractivity contribution < 1.29 is 8.83 Å². The lowest BCUT2D eigenvalue weighted by molar-refractivity contribution is 0.668. The van der Waals surface area contributed by atoms with Crippen LogP contribution in [-0.2, 0) is 0 Å². The lowest BCUT2D eigenvalue weighted by Gasteiger charge is -2.09. The summed E-state index contributed by atoms with van der Waals surface area (Å²) in [5.74, 6) is 1.71. The maximum atomic E-state index is 6.62. The van der Waals surface area contributed by atoms with Gasteiger partial charge in [0.15, 0.2) is 17.5 Å². The lowest BCUT2D eigenvalue weighted by Crippen LogP contribution is -2.00. The molecule has 0 atom stereocenters. The van der Waals surface area contributed by atoms with E-state index in [-0.39, 0.29) is 0 Å². The number of hydrogen-bond donors (Lipinski definition) is 0. The Labute approximate surface area is 325 Å². The molecule has 4 aromatic heterocycles. The van der Waals surface area contributed by atoms with Gasteiger partial charge in [-0.2, -0.15) is 0 Å². The van der Waals surface area contributed by atoms with Crippen LogP contribution >= 0.6 is 0 Å². The second kappa shape index (κ2) is 12.3. The van der Waals surface area contributed by atoms with E-state index in [2.05, 4.69) is 126 Å². The van der Waals surface area contributed by atoms with Crippen LogP contribution in [0.2, 0.25) is 0 Å². The zero-order valence-corrected chi connectivity index (χ0v) is 30.4. The summed E-state index contributed by atoms with van der Waals surface area (Å²) in [6.45, 7) is 0. The lowest BCUT2D eigenvalue weighted by atomic mass is 10.0. The van der Waals surface area contributed by atoms with E-state index in [1.54, 1.807) is 0 Å². The van der Waals surface area contributed by atoms with Crippen LogP contribution in [0.5, 0.6) is 0 Å². The Bertz CT molecular complexity index is 3470. The van der Waals surface area contributed by atoms with E-state index in [0.29, 0.717) is 17.5 Å². The Hall–Kier alpha value is -7.83. The molecule has 0 radical (unpaired) electrons. The predicted molar refractivity (Wildman–Crippen MR) is 230 cm³/mol. The molecule has 0 spiro atoms. The van der Waals surface area contributed by atoms with Crippen LogP contribution in [0.4, 0.5) is 0 Å². The highest BCUT2D eigenvalue weighted by Crippen LogP contribution is 2.40. The van der Waals surface area contributed by atoms with Gasteiger partial charge in [0.25, 0.3) is 0 Å². The van der Waals surface area contributed by atoms with Crippen molar-refractivity contribution in [3.8, 4) is 51.0 Å². The number of rotatable bonds is 5. The first kappa shape index (κ1) is 31.5. The van der Waals surface area contributed by atoms with Gasteiger partial charge in [0.2, 0.25) is 0 Å². The molecule has 12 aromatic rings. The first-order chi connectivity index (χ1) is 28.2. The highest BCUT2D eigenvalue weighted by Gasteiger charge is 2.20. The molecule has 0 unspecified atom stereocenters. The van der Waals surface area contributed by atoms with E-state index in [1.165, 1.54) is 16.3 Å². The van der Waals surface area contributed by atoms with Crippen molar-refractivity contribution in [2.24, 2.45) is 0 Å². The quantitative estimate of drug-likeness (QED) is 0.176. The molecule has 57 heavy (non-hydrogen) atoms. The van der Waals surface area contributed by atoms with Crippen LogP contribution in [0.1, 0.15) is 0 Å². The molecule has 4 heterocycles. The van der Waals surface area contributed by atoms with E-state index in [1.807, 2.05) is 60.7 Å². The maximum Gasteiger partial charge on any atom is 0.164 e. The largest absolute Gasteiger partial charge is 0.456 e. The van der Waals surface area contributed by atoms with Crippen LogP contribution in [0.25, 0.3) is 117 Å². The van der Waals surface area contributed by atoms with Gasteiger partial charge < -0.3 is 13.4 Å². The second-order valence-corrected chi connectivity index (χ2v) is 14.4. The van der Waals surface area contributed by atoms with Gasteiger partial charge in [0.1, 0.15) is 22.3 Å². The van der Waals surface area contributed by atoms with Gasteiger partial charge in [-0.15, -0.1) is 0 Å². The summed E-state index contributed by atoms with van der Waals surface area (Å²) in [4.78, 5) is 15.3. The molecule has 0 fully saturated rings. The molecule has 0 bridgehead atoms. The SMILES string of the molecule is c1ccc(-c2ccc3oc4cc(-c5nc(-c6ccccc6)nc(-c6cccc7oc8cc(-n9c%10ccccc%10c%10ccccc%109)ccc8c67)n5)ccc4c3c2)cc1. The molecule has 6 heteroatoms. The normalized spacial score (nSPS) is 11.9. The summed E-state index contributed by atoms with van der Waals surface area (Å²) in [5.41, 5.74) is 11.4. The highest BCUT2D eigenvalue weighted by atomic mass is 16.3. The summed E-state index contributed by atoms with van der Waals surface area (Å²) in [6.07, 6.45) is 0. The number of hydrogen-bond acceptors (Lipinski definition) is 5. The molecule has 0 N–H and O–H groups in total. The Morgan fingerprint density at radius 2 is 0.947 bits per heavy atom. The van der Waals surface area contributed by atoms with Crippen LogP contribution in [0.15, 0.2) is 191 Å². The van der Waals surface area contributed by atoms with Gasteiger partial charge in [-0.3, -0.25) is 0 Å². The summed E-state index contributed by atoms with van der Waals surface area (Å²) in [5, 5.41) is 6.50. The molecule has 0 saturated heterocycles. The predicted octanol–water partition coefficient (Wildman–Crippen LogP) is 13.4. The van der Waals surface area contributed by atoms with Crippen molar-refractivity contribution in [3.63, 3.8) is 0 Å². The van der Waals surface area contributed by atoms with E-state index >= 15 is 0 Å². The average molecular weight is 731 g/mol. The molecule has 12 rings (SSSR count). The third kappa shape index (κ3) is 5.01. The molecular formula is C51H30N4O2. The van der Waals surface area contributed by atoms with Crippen LogP contribution < -0.4 is 0 Å². The highest BCUT2D eigenvalue weighted by molar-refractivity contribution is 6.13. The Morgan fingerprint density at radius 3 is 1.72 bits per heavy atom. The zero-order valence-electron chi connectivity index (χ0n) is 30.4. The van der Waals surface area contributed by atoms with Crippen molar-refractivity contribution in [1.82, 2.24) is 19.5 Å². The molecule has 0 saturated carbocycles. The minimum Gasteiger partial charge on any atom is -0.456 e. The summed E-state index contributed by atoms with van der Waals surface area (Å²) >= 11 is 0. The third-order valence-corrected chi connectivity index (χ3v) is 11.1. The average Bonchev–Trinajstić information content (AvgIpc) is 3.95. The van der Waals surface area contributed by atoms with E-state index in [4.69, 9.17) is 23.8 Å². The number of benzene rings is 8. The Balaban J connectivity index is 1.02. The minimum absolute atomic E-state index is 0.560. The summed E-state index contributed by atoms with van der Waals surface area (Å²) in [6, 6.07) is 62.7. The smallest absolute Gasteiger partial charge is 0.164 e. The summed E-state index contributed by atoms with van der Waals surface area (Å²) < 4.78 is 15.4. The van der Waals surface area contributed by atoms with Crippen molar-refractivity contribution in [2.45, 2.75) is 0 Å². The number of nitrogens with zero attached hydrogens (tertiary/aromatic N) is 4. The Morgan fingerprint density at radius 1 is 0.333 bits per heavy atom. The van der Waals surface area contributed by atoms with Gasteiger partial charge in [-0.25, -0.2) is 15.0 Å². The van der Waals surface area contributed by atoms with Gasteiger partial charge in [0.05, 0.1) is 11.0 Å². The Kier molecular flexibility index (Phi) is 6.83. The number of fused-ring (bicyclic) bond motifs is 9. The van der Waals surface area contributed by atoms with Crippen LogP contribution in [-0.4, -0.2) is 19.5 Å². The number of para-hydroxylation sites is 2. The van der Waals surface area contributed by atoms with Crippen molar-refractivity contribution in [3.05, 3.63) is 182 Å². The fraction of sp³-hybridized carbons (Fsp3) is 0. The zero-order chi connectivity index (χ0) is 37.5. The van der Waals surface area contributed by atoms with E-state index in [0.717, 1.165) is 82.9 Å². The topological polar surface area (TPSA) is 69.9 Å². The van der Waals surface area contributed by atoms with Gasteiger partial charge >= 0.3 is 0 Å². The van der Waals surface area contributed by atoms with E-state index in [9.17, 15) is 0 Å². The first-order valence-corrected chi connectivity index (χ1v) is 19.0. The third-order valence-electron chi connectivity index (χ3n) is 11.1. The van der Waals surface area contributed by atoms with E-state index < -0.39 is 0 Å². The summed E-state index contributed by atoms with van der Waals surface area (Å²) in [7, 11) is 0. The van der Waals surface area contributed by atoms with Crippen molar-refractivity contribution >= 4 is 65.7 Å². The number of aromatic nitrogens is 4. The van der Waals surface area contributed by atoms with Crippen molar-refractivity contribution in [2.75, 3.05) is 0 Å². The standard InChI is InChI=1S/C51H30N4O2/c1-3-12-31(13-4-1)33-23-27-44-41(28-33)38-25-22-34(29-46(38)56-44)50-52-49(32-14-5-2-6-15-32)53-51(54-50)40-18-11-21-45-48(40)39-26-24-35(30-47(39)57-45)55-42-19-9-7-16-36(42)37-17-8-10-20-43(37)55/h1-30H. The molecular weight excluding hydrogens is 701 g/mol. The molecule has 0 aliphatic heterocycles. The minimum atomic E-state index is 0.560. The molecule has 6 nitrogen and oxygen atoms in total. The molecule has 0 amide bonds. The molecule has 8 aromatic carbocycles. The molecule has 0 aliphatic carbocycles.